The first-order valence-corrected chi connectivity index (χ1v) is 6.92. The van der Waals surface area contributed by atoms with Gasteiger partial charge in [-0.05, 0) is 38.1 Å². The fraction of sp³-hybridized carbons (Fsp3) is 0.133. The Kier molecular flexibility index (Phi) is 3.54. The van der Waals surface area contributed by atoms with Crippen molar-refractivity contribution >= 4 is 28.8 Å². The molecule has 0 bridgehead atoms. The first-order chi connectivity index (χ1) is 10.4. The van der Waals surface area contributed by atoms with E-state index in [0.29, 0.717) is 5.65 Å². The number of carbonyl (C=O) groups excluding carboxylic acids is 1. The van der Waals surface area contributed by atoms with E-state index >= 15 is 0 Å². The van der Waals surface area contributed by atoms with Gasteiger partial charge in [-0.1, -0.05) is 11.6 Å². The lowest BCUT2D eigenvalue weighted by atomic mass is 10.2. The number of halogens is 2. The van der Waals surface area contributed by atoms with E-state index in [1.54, 1.807) is 16.6 Å². The van der Waals surface area contributed by atoms with Gasteiger partial charge in [0.2, 0.25) is 0 Å². The first kappa shape index (κ1) is 14.5. The van der Waals surface area contributed by atoms with Gasteiger partial charge in [0.05, 0.1) is 11.4 Å². The van der Waals surface area contributed by atoms with Gasteiger partial charge in [-0.15, -0.1) is 0 Å². The van der Waals surface area contributed by atoms with Crippen LogP contribution >= 0.6 is 11.6 Å². The fourth-order valence-corrected chi connectivity index (χ4v) is 2.29. The summed E-state index contributed by atoms with van der Waals surface area (Å²) in [6.07, 6.45) is 0. The Morgan fingerprint density at radius 3 is 2.77 bits per heavy atom. The van der Waals surface area contributed by atoms with Gasteiger partial charge in [0.15, 0.2) is 5.65 Å². The van der Waals surface area contributed by atoms with Crippen LogP contribution < -0.4 is 5.32 Å². The van der Waals surface area contributed by atoms with Crippen molar-refractivity contribution in [1.82, 2.24) is 14.6 Å². The molecule has 0 aliphatic carbocycles. The van der Waals surface area contributed by atoms with Crippen LogP contribution in [0.15, 0.2) is 30.3 Å². The number of aromatic nitrogens is 3. The fourth-order valence-electron chi connectivity index (χ4n) is 2.13. The summed E-state index contributed by atoms with van der Waals surface area (Å²) in [5.41, 5.74) is 2.38. The molecule has 0 unspecified atom stereocenters. The van der Waals surface area contributed by atoms with Gasteiger partial charge in [0.1, 0.15) is 11.5 Å². The second kappa shape index (κ2) is 5.38. The van der Waals surface area contributed by atoms with E-state index in [1.807, 2.05) is 13.8 Å². The number of carbonyl (C=O) groups is 1. The number of anilines is 1. The van der Waals surface area contributed by atoms with Crippen LogP contribution in [0.5, 0.6) is 0 Å². The zero-order valence-electron chi connectivity index (χ0n) is 11.9. The van der Waals surface area contributed by atoms with Crippen molar-refractivity contribution in [2.45, 2.75) is 13.8 Å². The van der Waals surface area contributed by atoms with Crippen LogP contribution in [-0.4, -0.2) is 20.5 Å². The minimum absolute atomic E-state index is 0.0541. The standard InChI is InChI=1S/C15H12ClFN4O/c1-8-5-14-18-13(6-9(2)21(14)20-8)15(22)19-12-4-3-10(16)7-11(12)17/h3-7H,1-2H3,(H,19,22). The Labute approximate surface area is 130 Å². The molecule has 0 aliphatic rings. The van der Waals surface area contributed by atoms with Crippen LogP contribution in [0, 0.1) is 19.7 Å². The summed E-state index contributed by atoms with van der Waals surface area (Å²) in [5, 5.41) is 7.02. The molecular weight excluding hydrogens is 307 g/mol. The highest BCUT2D eigenvalue weighted by Crippen LogP contribution is 2.19. The van der Waals surface area contributed by atoms with Crippen molar-refractivity contribution < 1.29 is 9.18 Å². The molecule has 22 heavy (non-hydrogen) atoms. The Morgan fingerprint density at radius 2 is 2.05 bits per heavy atom. The molecule has 1 aromatic carbocycles. The van der Waals surface area contributed by atoms with Crippen molar-refractivity contribution in [2.75, 3.05) is 5.32 Å². The summed E-state index contributed by atoms with van der Waals surface area (Å²) in [5.74, 6) is -1.09. The van der Waals surface area contributed by atoms with Gasteiger partial charge in [0.25, 0.3) is 5.91 Å². The van der Waals surface area contributed by atoms with Crippen molar-refractivity contribution in [2.24, 2.45) is 0 Å². The maximum atomic E-state index is 13.7. The zero-order valence-corrected chi connectivity index (χ0v) is 12.6. The highest BCUT2D eigenvalue weighted by molar-refractivity contribution is 6.30. The maximum Gasteiger partial charge on any atom is 0.274 e. The third kappa shape index (κ3) is 2.65. The molecule has 2 aromatic heterocycles. The summed E-state index contributed by atoms with van der Waals surface area (Å²) in [6.45, 7) is 3.66. The van der Waals surface area contributed by atoms with E-state index in [1.165, 1.54) is 12.1 Å². The minimum Gasteiger partial charge on any atom is -0.318 e. The smallest absolute Gasteiger partial charge is 0.274 e. The van der Waals surface area contributed by atoms with Gasteiger partial charge in [-0.25, -0.2) is 13.9 Å². The third-order valence-electron chi connectivity index (χ3n) is 3.14. The lowest BCUT2D eigenvalue weighted by Gasteiger charge is -2.07. The molecule has 0 saturated carbocycles. The highest BCUT2D eigenvalue weighted by Gasteiger charge is 2.14. The Balaban J connectivity index is 1.94. The summed E-state index contributed by atoms with van der Waals surface area (Å²) in [4.78, 5) is 16.5. The molecule has 5 nitrogen and oxygen atoms in total. The quantitative estimate of drug-likeness (QED) is 0.788. The number of benzene rings is 1. The number of hydrogen-bond acceptors (Lipinski definition) is 3. The van der Waals surface area contributed by atoms with Gasteiger partial charge in [-0.2, -0.15) is 5.10 Å². The molecule has 3 rings (SSSR count). The molecule has 2 heterocycles. The number of aryl methyl sites for hydroxylation is 2. The predicted octanol–water partition coefficient (Wildman–Crippen LogP) is 3.39. The molecule has 0 saturated heterocycles. The van der Waals surface area contributed by atoms with E-state index in [2.05, 4.69) is 15.4 Å². The Morgan fingerprint density at radius 1 is 1.27 bits per heavy atom. The van der Waals surface area contributed by atoms with Crippen molar-refractivity contribution in [3.8, 4) is 0 Å². The molecule has 0 spiro atoms. The number of rotatable bonds is 2. The number of nitrogens with one attached hydrogen (secondary N) is 1. The molecule has 1 N–H and O–H groups in total. The largest absolute Gasteiger partial charge is 0.318 e. The van der Waals surface area contributed by atoms with Crippen LogP contribution in [0.25, 0.3) is 5.65 Å². The predicted molar refractivity (Wildman–Crippen MR) is 81.8 cm³/mol. The Hall–Kier alpha value is -2.47. The molecule has 0 fully saturated rings. The normalized spacial score (nSPS) is 10.9. The third-order valence-corrected chi connectivity index (χ3v) is 3.37. The second-order valence-electron chi connectivity index (χ2n) is 4.92. The number of fused-ring (bicyclic) bond motifs is 1. The average Bonchev–Trinajstić information content (AvgIpc) is 2.83. The van der Waals surface area contributed by atoms with Crippen molar-refractivity contribution in [3.63, 3.8) is 0 Å². The molecule has 1 amide bonds. The van der Waals surface area contributed by atoms with E-state index in [0.717, 1.165) is 17.5 Å². The maximum absolute atomic E-state index is 13.7. The van der Waals surface area contributed by atoms with Crippen molar-refractivity contribution in [3.05, 3.63) is 58.3 Å². The van der Waals surface area contributed by atoms with Crippen LogP contribution in [0.3, 0.4) is 0 Å². The summed E-state index contributed by atoms with van der Waals surface area (Å²) < 4.78 is 15.4. The van der Waals surface area contributed by atoms with Crippen LogP contribution in [0.1, 0.15) is 21.9 Å². The van der Waals surface area contributed by atoms with E-state index in [4.69, 9.17) is 11.6 Å². The lowest BCUT2D eigenvalue weighted by Crippen LogP contribution is -2.16. The Bertz CT molecular complexity index is 891. The van der Waals surface area contributed by atoms with Crippen molar-refractivity contribution in [1.29, 1.82) is 0 Å². The number of hydrogen-bond donors (Lipinski definition) is 1. The SMILES string of the molecule is Cc1cc2nc(C(=O)Nc3ccc(Cl)cc3F)cc(C)n2n1. The van der Waals surface area contributed by atoms with Gasteiger partial charge >= 0.3 is 0 Å². The molecule has 112 valence electrons. The highest BCUT2D eigenvalue weighted by atomic mass is 35.5. The minimum atomic E-state index is -0.598. The lowest BCUT2D eigenvalue weighted by molar-refractivity contribution is 0.102. The molecule has 3 aromatic rings. The van der Waals surface area contributed by atoms with E-state index in [-0.39, 0.29) is 16.4 Å². The summed E-state index contributed by atoms with van der Waals surface area (Å²) in [6, 6.07) is 7.42. The molecule has 0 atom stereocenters. The second-order valence-corrected chi connectivity index (χ2v) is 5.35. The van der Waals surface area contributed by atoms with Gasteiger partial charge in [0, 0.05) is 16.8 Å². The van der Waals surface area contributed by atoms with Gasteiger partial charge in [-0.3, -0.25) is 4.79 Å². The monoisotopic (exact) mass is 318 g/mol. The van der Waals surface area contributed by atoms with E-state index in [9.17, 15) is 9.18 Å². The van der Waals surface area contributed by atoms with Crippen LogP contribution in [0.4, 0.5) is 10.1 Å². The molecular formula is C15H12ClFN4O. The van der Waals surface area contributed by atoms with E-state index < -0.39 is 11.7 Å². The van der Waals surface area contributed by atoms with Crippen LogP contribution in [-0.2, 0) is 0 Å². The number of nitrogens with zero attached hydrogens (tertiary/aromatic N) is 3. The summed E-state index contributed by atoms with van der Waals surface area (Å²) >= 11 is 5.68. The zero-order chi connectivity index (χ0) is 15.9. The average molecular weight is 319 g/mol. The number of amides is 1. The molecule has 0 radical (unpaired) electrons. The molecule has 7 heteroatoms. The molecule has 0 aliphatic heterocycles. The van der Waals surface area contributed by atoms with Gasteiger partial charge < -0.3 is 5.32 Å². The topological polar surface area (TPSA) is 59.3 Å². The summed E-state index contributed by atoms with van der Waals surface area (Å²) in [7, 11) is 0. The first-order valence-electron chi connectivity index (χ1n) is 6.54. The van der Waals surface area contributed by atoms with Crippen LogP contribution in [0.2, 0.25) is 5.02 Å².